The molecule has 116 valence electrons. The van der Waals surface area contributed by atoms with Gasteiger partial charge in [0.05, 0.1) is 25.3 Å². The van der Waals surface area contributed by atoms with Crippen LogP contribution in [0.5, 0.6) is 0 Å². The van der Waals surface area contributed by atoms with E-state index in [-0.39, 0.29) is 13.2 Å². The maximum absolute atomic E-state index is 12.0. The molecule has 0 bridgehead atoms. The molecule has 1 aromatic rings. The van der Waals surface area contributed by atoms with Gasteiger partial charge >= 0.3 is 0 Å². The van der Waals surface area contributed by atoms with E-state index < -0.39 is 11.8 Å². The molecule has 2 amide bonds. The van der Waals surface area contributed by atoms with Gasteiger partial charge in [0, 0.05) is 24.7 Å². The van der Waals surface area contributed by atoms with Crippen LogP contribution in [-0.4, -0.2) is 61.8 Å². The number of nitrogens with zero attached hydrogens (tertiary/aromatic N) is 1. The molecule has 0 aliphatic heterocycles. The Morgan fingerprint density at radius 3 is 2.67 bits per heavy atom. The van der Waals surface area contributed by atoms with E-state index >= 15 is 0 Å². The average molecular weight is 359 g/mol. The van der Waals surface area contributed by atoms with E-state index in [1.54, 1.807) is 36.3 Å². The van der Waals surface area contributed by atoms with Crippen LogP contribution in [0.15, 0.2) is 28.7 Å². The molecule has 0 spiro atoms. The second-order valence-electron chi connectivity index (χ2n) is 4.35. The first-order chi connectivity index (χ1) is 10.1. The second-order valence-corrected chi connectivity index (χ2v) is 5.20. The maximum atomic E-state index is 12.0. The number of halogens is 1. The molecule has 21 heavy (non-hydrogen) atoms. The Bertz CT molecular complexity index is 482. The van der Waals surface area contributed by atoms with Gasteiger partial charge in [0.15, 0.2) is 0 Å². The number of hydrogen-bond donors (Lipinski definition) is 2. The van der Waals surface area contributed by atoms with Crippen LogP contribution < -0.4 is 5.32 Å². The minimum atomic E-state index is -0.455. The molecule has 6 nitrogen and oxygen atoms in total. The summed E-state index contributed by atoms with van der Waals surface area (Å²) >= 11 is 3.26. The SMILES string of the molecule is COCCN(CCO)CC(=O)NC(=O)c1ccccc1Br. The summed E-state index contributed by atoms with van der Waals surface area (Å²) < 4.78 is 5.56. The molecule has 1 aromatic carbocycles. The van der Waals surface area contributed by atoms with Gasteiger partial charge in [0.1, 0.15) is 0 Å². The first kappa shape index (κ1) is 17.8. The second kappa shape index (κ2) is 9.62. The summed E-state index contributed by atoms with van der Waals surface area (Å²) in [7, 11) is 1.56. The van der Waals surface area contributed by atoms with Crippen molar-refractivity contribution < 1.29 is 19.4 Å². The van der Waals surface area contributed by atoms with Crippen molar-refractivity contribution in [2.24, 2.45) is 0 Å². The molecule has 0 aromatic heterocycles. The molecule has 0 heterocycles. The molecule has 7 heteroatoms. The van der Waals surface area contributed by atoms with Gasteiger partial charge in [0.2, 0.25) is 5.91 Å². The fourth-order valence-corrected chi connectivity index (χ4v) is 2.18. The lowest BCUT2D eigenvalue weighted by Gasteiger charge is -2.19. The minimum absolute atomic E-state index is 0.0279. The third-order valence-corrected chi connectivity index (χ3v) is 3.46. The van der Waals surface area contributed by atoms with E-state index in [9.17, 15) is 9.59 Å². The zero-order valence-corrected chi connectivity index (χ0v) is 13.4. The predicted octanol–water partition coefficient (Wildman–Crippen LogP) is 0.646. The molecule has 0 saturated carbocycles. The van der Waals surface area contributed by atoms with Gasteiger partial charge in [-0.2, -0.15) is 0 Å². The lowest BCUT2D eigenvalue weighted by atomic mass is 10.2. The van der Waals surface area contributed by atoms with Gasteiger partial charge in [-0.3, -0.25) is 19.8 Å². The van der Waals surface area contributed by atoms with Gasteiger partial charge in [-0.1, -0.05) is 12.1 Å². The number of amides is 2. The highest BCUT2D eigenvalue weighted by atomic mass is 79.9. The number of aliphatic hydroxyl groups is 1. The van der Waals surface area contributed by atoms with Gasteiger partial charge in [-0.15, -0.1) is 0 Å². The summed E-state index contributed by atoms with van der Waals surface area (Å²) in [5, 5.41) is 11.3. The van der Waals surface area contributed by atoms with Gasteiger partial charge in [-0.25, -0.2) is 0 Å². The highest BCUT2D eigenvalue weighted by Gasteiger charge is 2.15. The number of rotatable bonds is 8. The highest BCUT2D eigenvalue weighted by molar-refractivity contribution is 9.10. The Balaban J connectivity index is 2.55. The van der Waals surface area contributed by atoms with Crippen LogP contribution in [0.25, 0.3) is 0 Å². The molecule has 0 saturated heterocycles. The van der Waals surface area contributed by atoms with Crippen LogP contribution in [0.3, 0.4) is 0 Å². The molecule has 1 rings (SSSR count). The number of imide groups is 1. The molecular formula is C14H19BrN2O4. The van der Waals surface area contributed by atoms with Crippen molar-refractivity contribution >= 4 is 27.7 Å². The third-order valence-electron chi connectivity index (χ3n) is 2.77. The molecule has 0 atom stereocenters. The van der Waals surface area contributed by atoms with E-state index in [1.807, 2.05) is 0 Å². The zero-order valence-electron chi connectivity index (χ0n) is 11.8. The molecule has 0 radical (unpaired) electrons. The van der Waals surface area contributed by atoms with Crippen molar-refractivity contribution in [3.8, 4) is 0 Å². The number of aliphatic hydroxyl groups excluding tert-OH is 1. The lowest BCUT2D eigenvalue weighted by Crippen LogP contribution is -2.42. The monoisotopic (exact) mass is 358 g/mol. The number of hydrogen-bond acceptors (Lipinski definition) is 5. The van der Waals surface area contributed by atoms with Crippen LogP contribution in [0.4, 0.5) is 0 Å². The van der Waals surface area contributed by atoms with Crippen molar-refractivity contribution in [1.82, 2.24) is 10.2 Å². The van der Waals surface area contributed by atoms with Crippen LogP contribution in [-0.2, 0) is 9.53 Å². The van der Waals surface area contributed by atoms with E-state index in [4.69, 9.17) is 9.84 Å². The quantitative estimate of drug-likeness (QED) is 0.713. The summed E-state index contributed by atoms with van der Waals surface area (Å²) in [6, 6.07) is 6.87. The number of ether oxygens (including phenoxy) is 1. The number of methoxy groups -OCH3 is 1. The fraction of sp³-hybridized carbons (Fsp3) is 0.429. The fourth-order valence-electron chi connectivity index (χ4n) is 1.71. The Kier molecular flexibility index (Phi) is 8.14. The van der Waals surface area contributed by atoms with Crippen molar-refractivity contribution in [2.75, 3.05) is 40.0 Å². The number of carbonyl (C=O) groups is 2. The van der Waals surface area contributed by atoms with Crippen molar-refractivity contribution in [3.63, 3.8) is 0 Å². The summed E-state index contributed by atoms with van der Waals surface area (Å²) in [6.45, 7) is 1.27. The Morgan fingerprint density at radius 1 is 1.33 bits per heavy atom. The minimum Gasteiger partial charge on any atom is -0.395 e. The van der Waals surface area contributed by atoms with E-state index in [0.29, 0.717) is 29.7 Å². The lowest BCUT2D eigenvalue weighted by molar-refractivity contribution is -0.121. The Morgan fingerprint density at radius 2 is 2.05 bits per heavy atom. The van der Waals surface area contributed by atoms with Crippen LogP contribution >= 0.6 is 15.9 Å². The van der Waals surface area contributed by atoms with Gasteiger partial charge in [-0.05, 0) is 28.1 Å². The smallest absolute Gasteiger partial charge is 0.259 e. The van der Waals surface area contributed by atoms with E-state index in [0.717, 1.165) is 0 Å². The first-order valence-electron chi connectivity index (χ1n) is 6.49. The van der Waals surface area contributed by atoms with Gasteiger partial charge < -0.3 is 9.84 Å². The van der Waals surface area contributed by atoms with Gasteiger partial charge in [0.25, 0.3) is 5.91 Å². The Labute approximate surface area is 132 Å². The number of nitrogens with one attached hydrogen (secondary N) is 1. The largest absolute Gasteiger partial charge is 0.395 e. The Hall–Kier alpha value is -1.28. The molecule has 2 N–H and O–H groups in total. The van der Waals surface area contributed by atoms with E-state index in [2.05, 4.69) is 21.2 Å². The normalized spacial score (nSPS) is 10.7. The van der Waals surface area contributed by atoms with E-state index in [1.165, 1.54) is 0 Å². The summed E-state index contributed by atoms with van der Waals surface area (Å²) in [5.41, 5.74) is 0.399. The predicted molar refractivity (Wildman–Crippen MR) is 82.0 cm³/mol. The topological polar surface area (TPSA) is 78.9 Å². The van der Waals surface area contributed by atoms with Crippen molar-refractivity contribution in [1.29, 1.82) is 0 Å². The summed E-state index contributed by atoms with van der Waals surface area (Å²) in [6.07, 6.45) is 0. The molecule has 0 aliphatic carbocycles. The first-order valence-corrected chi connectivity index (χ1v) is 7.28. The average Bonchev–Trinajstić information content (AvgIpc) is 2.45. The zero-order chi connectivity index (χ0) is 15.7. The number of carbonyl (C=O) groups excluding carboxylic acids is 2. The standard InChI is InChI=1S/C14H19BrN2O4/c1-21-9-7-17(6-8-18)10-13(19)16-14(20)11-4-2-3-5-12(11)15/h2-5,18H,6-10H2,1H3,(H,16,19,20). The van der Waals surface area contributed by atoms with Crippen molar-refractivity contribution in [3.05, 3.63) is 34.3 Å². The molecule has 0 unspecified atom stereocenters. The molecule has 0 aliphatic rings. The van der Waals surface area contributed by atoms with Crippen LogP contribution in [0.1, 0.15) is 10.4 Å². The number of benzene rings is 1. The third kappa shape index (κ3) is 6.34. The van der Waals surface area contributed by atoms with Crippen LogP contribution in [0.2, 0.25) is 0 Å². The highest BCUT2D eigenvalue weighted by Crippen LogP contribution is 2.15. The molecular weight excluding hydrogens is 340 g/mol. The molecule has 0 fully saturated rings. The maximum Gasteiger partial charge on any atom is 0.259 e. The summed E-state index contributed by atoms with van der Waals surface area (Å²) in [5.74, 6) is -0.872. The van der Waals surface area contributed by atoms with Crippen molar-refractivity contribution in [2.45, 2.75) is 0 Å². The summed E-state index contributed by atoms with van der Waals surface area (Å²) in [4.78, 5) is 25.6. The van der Waals surface area contributed by atoms with Crippen LogP contribution in [0, 0.1) is 0 Å².